The van der Waals surface area contributed by atoms with Crippen LogP contribution in [0, 0.1) is 11.3 Å². The normalized spacial score (nSPS) is 14.2. The molecule has 0 saturated heterocycles. The average Bonchev–Trinajstić information content (AvgIpc) is 3.26. The maximum Gasteiger partial charge on any atom is 0.407 e. The molecule has 8 nitrogen and oxygen atoms in total. The van der Waals surface area contributed by atoms with E-state index in [2.05, 4.69) is 74.9 Å². The van der Waals surface area contributed by atoms with E-state index < -0.39 is 14.6 Å². The summed E-state index contributed by atoms with van der Waals surface area (Å²) in [4.78, 5) is 12.4. The summed E-state index contributed by atoms with van der Waals surface area (Å²) in [6.07, 6.45) is 1.24. The molecule has 218 valence electrons. The summed E-state index contributed by atoms with van der Waals surface area (Å²) in [6, 6.07) is 19.2. The largest absolute Gasteiger partial charge is 0.449 e. The lowest BCUT2D eigenvalue weighted by molar-refractivity contribution is 0.0353. The van der Waals surface area contributed by atoms with Gasteiger partial charge in [0.2, 0.25) is 0 Å². The lowest BCUT2D eigenvalue weighted by Crippen LogP contribution is -2.35. The number of hydrogen-bond acceptors (Lipinski definition) is 7. The first-order valence-corrected chi connectivity index (χ1v) is 15.4. The van der Waals surface area contributed by atoms with Crippen LogP contribution in [-0.2, 0) is 18.5 Å². The molecule has 0 aromatic heterocycles. The van der Waals surface area contributed by atoms with E-state index in [1.807, 2.05) is 24.3 Å². The minimum Gasteiger partial charge on any atom is -0.449 e. The molecule has 2 aromatic rings. The topological polar surface area (TPSA) is 93.0 Å². The Morgan fingerprint density at radius 2 is 1.65 bits per heavy atom. The van der Waals surface area contributed by atoms with Crippen LogP contribution in [0.5, 0.6) is 0 Å². The van der Waals surface area contributed by atoms with E-state index in [9.17, 15) is 4.79 Å². The third kappa shape index (κ3) is 8.99. The molecule has 9 heteroatoms. The van der Waals surface area contributed by atoms with Gasteiger partial charge in [-0.25, -0.2) is 9.46 Å². The SMILES string of the molecule is CCC(COCCCNC(=O)OCC1c2ccccc2-c2ccccc21)OP(OCCC#N)N(C(C)C)C(C)C. The van der Waals surface area contributed by atoms with Crippen LogP contribution >= 0.6 is 8.53 Å². The van der Waals surface area contributed by atoms with Crippen molar-refractivity contribution < 1.29 is 23.3 Å². The van der Waals surface area contributed by atoms with Gasteiger partial charge in [-0.2, -0.15) is 5.26 Å². The quantitative estimate of drug-likeness (QED) is 0.162. The Hall–Kier alpha value is -2.53. The number of ether oxygens (including phenoxy) is 2. The zero-order valence-corrected chi connectivity index (χ0v) is 25.4. The van der Waals surface area contributed by atoms with Gasteiger partial charge in [0.25, 0.3) is 8.53 Å². The number of carbonyl (C=O) groups excluding carboxylic acids is 1. The molecule has 1 amide bonds. The van der Waals surface area contributed by atoms with Crippen molar-refractivity contribution in [3.8, 4) is 17.2 Å². The molecule has 0 fully saturated rings. The standard InChI is InChI=1S/C31H44N3O5P/c1-6-25(39-40(38-20-11-17-32)34(23(2)3)24(4)5)21-36-19-12-18-33-31(35)37-22-30-28-15-9-7-13-26(28)27-14-8-10-16-29(27)30/h7-10,13-16,23-25,30H,6,11-12,18-22H2,1-5H3,(H,33,35). The number of rotatable bonds is 17. The second-order valence-corrected chi connectivity index (χ2v) is 11.8. The van der Waals surface area contributed by atoms with E-state index in [-0.39, 0.29) is 24.1 Å². The summed E-state index contributed by atoms with van der Waals surface area (Å²) in [5, 5.41) is 11.7. The fraction of sp³-hybridized carbons (Fsp3) is 0.548. The number of hydrogen-bond donors (Lipinski definition) is 1. The van der Waals surface area contributed by atoms with Gasteiger partial charge in [-0.3, -0.25) is 0 Å². The molecule has 40 heavy (non-hydrogen) atoms. The highest BCUT2D eigenvalue weighted by molar-refractivity contribution is 7.44. The van der Waals surface area contributed by atoms with Crippen LogP contribution in [-0.4, -0.2) is 61.9 Å². The third-order valence-corrected chi connectivity index (χ3v) is 8.92. The molecule has 2 atom stereocenters. The Bertz CT molecular complexity index is 1050. The zero-order valence-electron chi connectivity index (χ0n) is 24.5. The highest BCUT2D eigenvalue weighted by atomic mass is 31.2. The van der Waals surface area contributed by atoms with Crippen molar-refractivity contribution in [3.63, 3.8) is 0 Å². The predicted octanol–water partition coefficient (Wildman–Crippen LogP) is 7.00. The van der Waals surface area contributed by atoms with Crippen LogP contribution in [0.25, 0.3) is 11.1 Å². The van der Waals surface area contributed by atoms with Crippen LogP contribution in [0.2, 0.25) is 0 Å². The van der Waals surface area contributed by atoms with Crippen LogP contribution in [0.3, 0.4) is 0 Å². The van der Waals surface area contributed by atoms with Gasteiger partial charge in [-0.15, -0.1) is 0 Å². The number of benzene rings is 2. The fourth-order valence-electron chi connectivity index (χ4n) is 4.87. The van der Waals surface area contributed by atoms with Gasteiger partial charge in [0.15, 0.2) is 0 Å². The molecular formula is C31H44N3O5P. The maximum atomic E-state index is 12.4. The highest BCUT2D eigenvalue weighted by Gasteiger charge is 2.30. The average molecular weight is 570 g/mol. The van der Waals surface area contributed by atoms with Crippen molar-refractivity contribution in [2.24, 2.45) is 0 Å². The molecule has 2 aromatic carbocycles. The Morgan fingerprint density at radius 1 is 1.02 bits per heavy atom. The fourth-order valence-corrected chi connectivity index (χ4v) is 6.64. The van der Waals surface area contributed by atoms with Crippen molar-refractivity contribution in [1.82, 2.24) is 9.99 Å². The third-order valence-electron chi connectivity index (χ3n) is 6.74. The van der Waals surface area contributed by atoms with Crippen LogP contribution in [0.1, 0.15) is 70.9 Å². The molecule has 0 bridgehead atoms. The van der Waals surface area contributed by atoms with Gasteiger partial charge < -0.3 is 23.8 Å². The molecule has 0 aliphatic heterocycles. The lowest BCUT2D eigenvalue weighted by atomic mass is 9.98. The van der Waals surface area contributed by atoms with Crippen LogP contribution in [0.15, 0.2) is 48.5 Å². The van der Waals surface area contributed by atoms with Crippen LogP contribution < -0.4 is 5.32 Å². The zero-order chi connectivity index (χ0) is 28.9. The first-order valence-electron chi connectivity index (χ1n) is 14.3. The number of alkyl carbamates (subject to hydrolysis) is 1. The Morgan fingerprint density at radius 3 is 2.23 bits per heavy atom. The number of amides is 1. The molecule has 3 rings (SSSR count). The number of nitrogens with one attached hydrogen (secondary N) is 1. The van der Waals surface area contributed by atoms with E-state index in [4.69, 9.17) is 23.8 Å². The summed E-state index contributed by atoms with van der Waals surface area (Å²) in [5.41, 5.74) is 4.81. The van der Waals surface area contributed by atoms with Gasteiger partial charge >= 0.3 is 6.09 Å². The Kier molecular flexibility index (Phi) is 13.3. The summed E-state index contributed by atoms with van der Waals surface area (Å²) >= 11 is 0. The predicted molar refractivity (Wildman–Crippen MR) is 159 cm³/mol. The number of nitriles is 1. The van der Waals surface area contributed by atoms with E-state index in [0.29, 0.717) is 45.8 Å². The van der Waals surface area contributed by atoms with E-state index in [0.717, 1.165) is 6.42 Å². The molecule has 1 aliphatic carbocycles. The first-order chi connectivity index (χ1) is 19.4. The van der Waals surface area contributed by atoms with Gasteiger partial charge in [0.1, 0.15) is 6.61 Å². The van der Waals surface area contributed by atoms with Crippen molar-refractivity contribution in [2.45, 2.75) is 78.0 Å². The van der Waals surface area contributed by atoms with Crippen molar-refractivity contribution >= 4 is 14.6 Å². The minimum atomic E-state index is -1.31. The van der Waals surface area contributed by atoms with Gasteiger partial charge in [-0.05, 0) is 62.8 Å². The summed E-state index contributed by atoms with van der Waals surface area (Å²) in [7, 11) is -1.31. The molecule has 0 spiro atoms. The maximum absolute atomic E-state index is 12.4. The van der Waals surface area contributed by atoms with Crippen molar-refractivity contribution in [2.75, 3.05) is 33.0 Å². The van der Waals surface area contributed by atoms with E-state index in [1.54, 1.807) is 0 Å². The summed E-state index contributed by atoms with van der Waals surface area (Å²) in [5.74, 6) is 0.0455. The Balaban J connectivity index is 1.38. The minimum absolute atomic E-state index is 0.0455. The van der Waals surface area contributed by atoms with E-state index in [1.165, 1.54) is 22.3 Å². The molecule has 0 saturated carbocycles. The Labute approximate surface area is 240 Å². The van der Waals surface area contributed by atoms with E-state index >= 15 is 0 Å². The summed E-state index contributed by atoms with van der Waals surface area (Å²) in [6.45, 7) is 12.6. The molecule has 1 aliphatic rings. The van der Waals surface area contributed by atoms with Gasteiger partial charge in [-0.1, -0.05) is 55.5 Å². The number of fused-ring (bicyclic) bond motifs is 3. The summed E-state index contributed by atoms with van der Waals surface area (Å²) < 4.78 is 26.0. The molecule has 1 N–H and O–H groups in total. The van der Waals surface area contributed by atoms with Gasteiger partial charge in [0.05, 0.1) is 31.8 Å². The molecule has 0 radical (unpaired) electrons. The first kappa shape index (κ1) is 32.0. The second-order valence-electron chi connectivity index (χ2n) is 10.4. The number of nitrogens with zero attached hydrogens (tertiary/aromatic N) is 2. The smallest absolute Gasteiger partial charge is 0.407 e. The molecular weight excluding hydrogens is 525 g/mol. The lowest BCUT2D eigenvalue weighted by Gasteiger charge is -2.37. The number of carbonyl (C=O) groups is 1. The van der Waals surface area contributed by atoms with Crippen molar-refractivity contribution in [1.29, 1.82) is 5.26 Å². The molecule has 2 unspecified atom stereocenters. The van der Waals surface area contributed by atoms with Crippen LogP contribution in [0.4, 0.5) is 4.79 Å². The molecule has 0 heterocycles. The monoisotopic (exact) mass is 569 g/mol. The van der Waals surface area contributed by atoms with Gasteiger partial charge in [0, 0.05) is 31.2 Å². The second kappa shape index (κ2) is 16.7. The van der Waals surface area contributed by atoms with Crippen molar-refractivity contribution in [3.05, 3.63) is 59.7 Å². The highest BCUT2D eigenvalue weighted by Crippen LogP contribution is 2.47.